The molecular weight excluding hydrogens is 376 g/mol. The second-order valence-electron chi connectivity index (χ2n) is 7.17. The molecular formula is C18H18N8O3. The van der Waals surface area contributed by atoms with E-state index in [1.807, 2.05) is 19.1 Å². The van der Waals surface area contributed by atoms with Crippen LogP contribution in [0.5, 0.6) is 0 Å². The molecule has 11 heteroatoms. The van der Waals surface area contributed by atoms with E-state index in [0.29, 0.717) is 34.9 Å². The molecule has 0 spiro atoms. The van der Waals surface area contributed by atoms with Gasteiger partial charge in [-0.15, -0.1) is 0 Å². The Morgan fingerprint density at radius 1 is 1.31 bits per heavy atom. The smallest absolute Gasteiger partial charge is 0.374 e. The van der Waals surface area contributed by atoms with Crippen LogP contribution in [0.15, 0.2) is 18.3 Å². The normalized spacial score (nSPS) is 17.9. The number of amides is 2. The minimum atomic E-state index is -1.24. The summed E-state index contributed by atoms with van der Waals surface area (Å²) in [6.45, 7) is 3.35. The molecule has 2 aliphatic rings. The molecule has 1 atom stereocenters. The van der Waals surface area contributed by atoms with Crippen molar-refractivity contribution in [2.75, 3.05) is 28.2 Å². The van der Waals surface area contributed by atoms with E-state index in [0.717, 1.165) is 25.1 Å². The summed E-state index contributed by atoms with van der Waals surface area (Å²) in [6, 6.07) is 3.16. The third-order valence-electron chi connectivity index (χ3n) is 5.28. The molecule has 3 aromatic heterocycles. The molecule has 29 heavy (non-hydrogen) atoms. The molecule has 5 rings (SSSR count). The van der Waals surface area contributed by atoms with Crippen LogP contribution in [0.3, 0.4) is 0 Å². The molecule has 3 aromatic rings. The average molecular weight is 394 g/mol. The predicted molar refractivity (Wildman–Crippen MR) is 104 cm³/mol. The number of carboxylic acid groups (broad SMARTS) is 1. The number of carbonyl (C=O) groups excluding carboxylic acids is 1. The van der Waals surface area contributed by atoms with Crippen LogP contribution in [0.2, 0.25) is 0 Å². The Labute approximate surface area is 164 Å². The Morgan fingerprint density at radius 2 is 2.17 bits per heavy atom. The number of piperidine rings is 1. The third-order valence-corrected chi connectivity index (χ3v) is 5.28. The lowest BCUT2D eigenvalue weighted by Gasteiger charge is -2.45. The zero-order chi connectivity index (χ0) is 20.1. The zero-order valence-corrected chi connectivity index (χ0v) is 15.6. The Morgan fingerprint density at radius 3 is 3.00 bits per heavy atom. The molecule has 11 nitrogen and oxygen atoms in total. The molecule has 5 heterocycles. The lowest BCUT2D eigenvalue weighted by Crippen LogP contribution is -2.56. The fraction of sp³-hybridized carbons (Fsp3) is 0.333. The Hall–Kier alpha value is -3.76. The summed E-state index contributed by atoms with van der Waals surface area (Å²) in [4.78, 5) is 40.7. The molecule has 2 aliphatic heterocycles. The van der Waals surface area contributed by atoms with Gasteiger partial charge in [0.25, 0.3) is 0 Å². The van der Waals surface area contributed by atoms with Crippen molar-refractivity contribution in [2.45, 2.75) is 25.8 Å². The number of pyridine rings is 1. The molecule has 1 unspecified atom stereocenters. The summed E-state index contributed by atoms with van der Waals surface area (Å²) in [5.41, 5.74) is 2.08. The first-order valence-corrected chi connectivity index (χ1v) is 9.28. The van der Waals surface area contributed by atoms with Crippen molar-refractivity contribution < 1.29 is 14.7 Å². The number of carbonyl (C=O) groups is 2. The Balaban J connectivity index is 1.53. The van der Waals surface area contributed by atoms with E-state index < -0.39 is 12.0 Å². The van der Waals surface area contributed by atoms with Crippen LogP contribution in [-0.4, -0.2) is 61.4 Å². The number of H-pyrrole nitrogens is 1. The fourth-order valence-electron chi connectivity index (χ4n) is 3.95. The minimum Gasteiger partial charge on any atom is -0.475 e. The summed E-state index contributed by atoms with van der Waals surface area (Å²) in [5, 5.41) is 19.8. The summed E-state index contributed by atoms with van der Waals surface area (Å²) in [6.07, 6.45) is 3.20. The predicted octanol–water partition coefficient (Wildman–Crippen LogP) is 1.78. The van der Waals surface area contributed by atoms with E-state index in [1.165, 1.54) is 11.1 Å². The number of anilines is 3. The largest absolute Gasteiger partial charge is 0.475 e. The Kier molecular flexibility index (Phi) is 3.83. The lowest BCUT2D eigenvalue weighted by molar-refractivity contribution is 0.0683. The van der Waals surface area contributed by atoms with Crippen molar-refractivity contribution in [1.29, 1.82) is 0 Å². The van der Waals surface area contributed by atoms with Crippen molar-refractivity contribution >= 4 is 40.4 Å². The van der Waals surface area contributed by atoms with Gasteiger partial charge in [-0.2, -0.15) is 5.10 Å². The number of fused-ring (bicyclic) bond motifs is 5. The van der Waals surface area contributed by atoms with Gasteiger partial charge in [-0.1, -0.05) is 0 Å². The summed E-state index contributed by atoms with van der Waals surface area (Å²) < 4.78 is 0. The molecule has 0 aliphatic carbocycles. The van der Waals surface area contributed by atoms with E-state index in [-0.39, 0.29) is 11.9 Å². The van der Waals surface area contributed by atoms with Crippen molar-refractivity contribution in [2.24, 2.45) is 0 Å². The second kappa shape index (κ2) is 6.40. The lowest BCUT2D eigenvalue weighted by atomic mass is 10.0. The molecule has 0 saturated carbocycles. The number of nitrogens with zero attached hydrogens (tertiary/aromatic N) is 6. The summed E-state index contributed by atoms with van der Waals surface area (Å²) in [7, 11) is 0. The maximum Gasteiger partial charge on any atom is 0.374 e. The highest BCUT2D eigenvalue weighted by Crippen LogP contribution is 2.37. The van der Waals surface area contributed by atoms with E-state index in [4.69, 9.17) is 0 Å². The number of hydrogen-bond acceptors (Lipinski definition) is 7. The number of aromatic carboxylic acids is 1. The maximum absolute atomic E-state index is 13.2. The van der Waals surface area contributed by atoms with E-state index in [9.17, 15) is 14.7 Å². The van der Waals surface area contributed by atoms with Gasteiger partial charge in [0.05, 0.1) is 23.3 Å². The third kappa shape index (κ3) is 2.82. The van der Waals surface area contributed by atoms with Crippen LogP contribution < -0.4 is 15.1 Å². The van der Waals surface area contributed by atoms with Gasteiger partial charge in [-0.05, 0) is 31.9 Å². The van der Waals surface area contributed by atoms with Crippen LogP contribution >= 0.6 is 0 Å². The number of urea groups is 1. The number of carboxylic acids is 1. The van der Waals surface area contributed by atoms with E-state index >= 15 is 0 Å². The summed E-state index contributed by atoms with van der Waals surface area (Å²) in [5.74, 6) is -0.907. The van der Waals surface area contributed by atoms with Crippen LogP contribution in [0.4, 0.5) is 22.1 Å². The standard InChI is InChI=1S/C18H18N8O3/c1-9-4-5-11-13(20-9)23-24-14(11)22-18(29)26-10-3-2-6-25(8-10)12-7-19-15(17(27)28)21-16(12)26/h4-5,7,10H,2-3,6,8H2,1H3,(H,27,28)(H2,20,22,23,24,29). The van der Waals surface area contributed by atoms with Gasteiger partial charge in [-0.3, -0.25) is 15.3 Å². The topological polar surface area (TPSA) is 140 Å². The highest BCUT2D eigenvalue weighted by Gasteiger charge is 2.39. The molecule has 2 amide bonds. The first-order valence-electron chi connectivity index (χ1n) is 9.28. The molecule has 0 radical (unpaired) electrons. The van der Waals surface area contributed by atoms with Crippen molar-refractivity contribution in [3.8, 4) is 0 Å². The van der Waals surface area contributed by atoms with Gasteiger partial charge >= 0.3 is 12.0 Å². The first-order chi connectivity index (χ1) is 14.0. The highest BCUT2D eigenvalue weighted by atomic mass is 16.4. The minimum absolute atomic E-state index is 0.113. The number of aromatic nitrogens is 5. The Bertz CT molecular complexity index is 1140. The molecule has 0 aromatic carbocycles. The summed E-state index contributed by atoms with van der Waals surface area (Å²) >= 11 is 0. The van der Waals surface area contributed by atoms with Crippen LogP contribution in [-0.2, 0) is 0 Å². The average Bonchev–Trinajstić information content (AvgIpc) is 3.09. The molecule has 2 bridgehead atoms. The molecule has 3 N–H and O–H groups in total. The van der Waals surface area contributed by atoms with Crippen molar-refractivity contribution in [3.05, 3.63) is 29.8 Å². The first kappa shape index (κ1) is 17.3. The van der Waals surface area contributed by atoms with Crippen molar-refractivity contribution in [1.82, 2.24) is 25.1 Å². The van der Waals surface area contributed by atoms with Gasteiger partial charge in [0.15, 0.2) is 17.3 Å². The van der Waals surface area contributed by atoms with Gasteiger partial charge in [0, 0.05) is 18.8 Å². The number of nitrogens with one attached hydrogen (secondary N) is 2. The van der Waals surface area contributed by atoms with Gasteiger partial charge in [0.1, 0.15) is 0 Å². The number of aryl methyl sites for hydroxylation is 1. The van der Waals surface area contributed by atoms with Crippen LogP contribution in [0.1, 0.15) is 29.2 Å². The number of hydrogen-bond donors (Lipinski definition) is 3. The molecule has 148 valence electrons. The number of rotatable bonds is 2. The molecule has 1 saturated heterocycles. The van der Waals surface area contributed by atoms with Gasteiger partial charge < -0.3 is 10.0 Å². The van der Waals surface area contributed by atoms with Crippen molar-refractivity contribution in [3.63, 3.8) is 0 Å². The van der Waals surface area contributed by atoms with E-state index in [2.05, 4.69) is 35.4 Å². The number of aromatic amines is 1. The fourth-order valence-corrected chi connectivity index (χ4v) is 3.95. The zero-order valence-electron chi connectivity index (χ0n) is 15.6. The molecule has 1 fully saturated rings. The monoisotopic (exact) mass is 394 g/mol. The second-order valence-corrected chi connectivity index (χ2v) is 7.17. The maximum atomic E-state index is 13.2. The quantitative estimate of drug-likeness (QED) is 0.597. The van der Waals surface area contributed by atoms with Crippen LogP contribution in [0, 0.1) is 6.92 Å². The highest BCUT2D eigenvalue weighted by molar-refractivity contribution is 6.07. The SMILES string of the molecule is Cc1ccc2c(NC(=O)N3c4nc(C(=O)O)ncc4N4CCCC3C4)n[nH]c2n1. The van der Waals surface area contributed by atoms with Crippen LogP contribution in [0.25, 0.3) is 11.0 Å². The van der Waals surface area contributed by atoms with E-state index in [1.54, 1.807) is 0 Å². The van der Waals surface area contributed by atoms with Gasteiger partial charge in [-0.25, -0.2) is 24.5 Å². The van der Waals surface area contributed by atoms with Gasteiger partial charge in [0.2, 0.25) is 5.82 Å².